The monoisotopic (exact) mass is 346 g/mol. The quantitative estimate of drug-likeness (QED) is 0.865. The fourth-order valence-electron chi connectivity index (χ4n) is 1.51. The Morgan fingerprint density at radius 3 is 2.65 bits per heavy atom. The number of halogens is 4. The van der Waals surface area contributed by atoms with E-state index in [0.29, 0.717) is 15.9 Å². The number of anilines is 3. The predicted molar refractivity (Wildman–Crippen MR) is 73.6 cm³/mol. The molecule has 0 unspecified atom stereocenters. The molecule has 1 aromatic heterocycles. The first kappa shape index (κ1) is 14.6. The van der Waals surface area contributed by atoms with Gasteiger partial charge in [-0.1, -0.05) is 0 Å². The zero-order valence-corrected chi connectivity index (χ0v) is 11.9. The van der Waals surface area contributed by atoms with Crippen LogP contribution in [0.2, 0.25) is 0 Å². The molecule has 0 amide bonds. The van der Waals surface area contributed by atoms with Gasteiger partial charge in [0.25, 0.3) is 0 Å². The van der Waals surface area contributed by atoms with Gasteiger partial charge in [0.2, 0.25) is 5.95 Å². The second kappa shape index (κ2) is 5.28. The third kappa shape index (κ3) is 3.19. The van der Waals surface area contributed by atoms with Crippen LogP contribution in [0, 0.1) is 6.92 Å². The van der Waals surface area contributed by atoms with Gasteiger partial charge >= 0.3 is 6.18 Å². The first-order valence-corrected chi connectivity index (χ1v) is 6.29. The van der Waals surface area contributed by atoms with Crippen LogP contribution in [-0.4, -0.2) is 9.97 Å². The summed E-state index contributed by atoms with van der Waals surface area (Å²) in [6.07, 6.45) is -2.91. The Bertz CT molecular complexity index is 643. The molecule has 20 heavy (non-hydrogen) atoms. The number of benzene rings is 1. The second-order valence-corrected chi connectivity index (χ2v) is 4.93. The third-order valence-electron chi connectivity index (χ3n) is 2.54. The molecule has 0 aliphatic heterocycles. The largest absolute Gasteiger partial charge is 0.416 e. The summed E-state index contributed by atoms with van der Waals surface area (Å²) in [5.41, 5.74) is 5.64. The fraction of sp³-hybridized carbons (Fsp3) is 0.167. The molecule has 2 aromatic rings. The van der Waals surface area contributed by atoms with Crippen molar-refractivity contribution >= 4 is 33.4 Å². The molecule has 1 heterocycles. The van der Waals surface area contributed by atoms with E-state index in [0.717, 1.165) is 12.1 Å². The number of hydrogen-bond acceptors (Lipinski definition) is 4. The summed E-state index contributed by atoms with van der Waals surface area (Å²) in [6, 6.07) is 3.32. The minimum Gasteiger partial charge on any atom is -0.368 e. The number of rotatable bonds is 2. The van der Waals surface area contributed by atoms with Crippen molar-refractivity contribution < 1.29 is 13.2 Å². The van der Waals surface area contributed by atoms with E-state index in [4.69, 9.17) is 5.73 Å². The van der Waals surface area contributed by atoms with Crippen molar-refractivity contribution in [2.45, 2.75) is 13.1 Å². The van der Waals surface area contributed by atoms with Crippen molar-refractivity contribution in [1.29, 1.82) is 0 Å². The number of hydrogen-bond donors (Lipinski definition) is 2. The number of nitrogens with two attached hydrogens (primary N) is 1. The van der Waals surface area contributed by atoms with Gasteiger partial charge in [-0.05, 0) is 41.1 Å². The Hall–Kier alpha value is -1.83. The maximum absolute atomic E-state index is 12.7. The van der Waals surface area contributed by atoms with Crippen LogP contribution in [0.4, 0.5) is 30.6 Å². The first-order chi connectivity index (χ1) is 9.27. The van der Waals surface area contributed by atoms with E-state index in [-0.39, 0.29) is 11.6 Å². The molecule has 0 spiro atoms. The van der Waals surface area contributed by atoms with Crippen molar-refractivity contribution in [3.8, 4) is 0 Å². The molecule has 0 saturated heterocycles. The van der Waals surface area contributed by atoms with Crippen molar-refractivity contribution in [2.75, 3.05) is 11.1 Å². The van der Waals surface area contributed by atoms with Gasteiger partial charge in [-0.15, -0.1) is 0 Å². The lowest BCUT2D eigenvalue weighted by Crippen LogP contribution is -2.07. The minimum absolute atomic E-state index is 0.0428. The maximum Gasteiger partial charge on any atom is 0.416 e. The Balaban J connectivity index is 2.40. The van der Waals surface area contributed by atoms with Gasteiger partial charge in [0, 0.05) is 16.2 Å². The summed E-state index contributed by atoms with van der Waals surface area (Å²) >= 11 is 3.19. The molecular formula is C12H10BrF3N4. The molecule has 0 saturated carbocycles. The summed E-state index contributed by atoms with van der Waals surface area (Å²) in [5, 5.41) is 2.82. The van der Waals surface area contributed by atoms with E-state index in [9.17, 15) is 13.2 Å². The average molecular weight is 347 g/mol. The zero-order chi connectivity index (χ0) is 14.9. The summed E-state index contributed by atoms with van der Waals surface area (Å²) in [6.45, 7) is 1.73. The SMILES string of the molecule is Cc1cnc(N)nc1Nc1cc(C(F)(F)F)ccc1Br. The highest BCUT2D eigenvalue weighted by molar-refractivity contribution is 9.10. The highest BCUT2D eigenvalue weighted by Crippen LogP contribution is 2.35. The van der Waals surface area contributed by atoms with Crippen molar-refractivity contribution in [3.05, 3.63) is 40.0 Å². The smallest absolute Gasteiger partial charge is 0.368 e. The highest BCUT2D eigenvalue weighted by Gasteiger charge is 2.31. The molecule has 3 N–H and O–H groups in total. The van der Waals surface area contributed by atoms with Crippen LogP contribution in [-0.2, 0) is 6.18 Å². The van der Waals surface area contributed by atoms with Crippen LogP contribution in [0.25, 0.3) is 0 Å². The molecule has 0 fully saturated rings. The van der Waals surface area contributed by atoms with E-state index in [2.05, 4.69) is 31.2 Å². The molecular weight excluding hydrogens is 337 g/mol. The molecule has 8 heteroatoms. The molecule has 1 aromatic carbocycles. The topological polar surface area (TPSA) is 63.8 Å². The van der Waals surface area contributed by atoms with E-state index >= 15 is 0 Å². The number of nitrogens with zero attached hydrogens (tertiary/aromatic N) is 2. The molecule has 2 rings (SSSR count). The molecule has 0 atom stereocenters. The molecule has 4 nitrogen and oxygen atoms in total. The maximum atomic E-state index is 12.7. The van der Waals surface area contributed by atoms with Crippen LogP contribution >= 0.6 is 15.9 Å². The molecule has 0 bridgehead atoms. The lowest BCUT2D eigenvalue weighted by atomic mass is 10.2. The first-order valence-electron chi connectivity index (χ1n) is 5.50. The van der Waals surface area contributed by atoms with Crippen molar-refractivity contribution in [1.82, 2.24) is 9.97 Å². The van der Waals surface area contributed by atoms with E-state index in [1.807, 2.05) is 0 Å². The second-order valence-electron chi connectivity index (χ2n) is 4.08. The molecule has 0 aliphatic rings. The van der Waals surface area contributed by atoms with Gasteiger partial charge < -0.3 is 11.1 Å². The van der Waals surface area contributed by atoms with Gasteiger partial charge in [0.15, 0.2) is 0 Å². The van der Waals surface area contributed by atoms with Crippen molar-refractivity contribution in [2.24, 2.45) is 0 Å². The van der Waals surface area contributed by atoms with Crippen LogP contribution in [0.5, 0.6) is 0 Å². The normalized spacial score (nSPS) is 11.4. The molecule has 106 valence electrons. The van der Waals surface area contributed by atoms with Gasteiger partial charge in [-0.25, -0.2) is 4.98 Å². The zero-order valence-electron chi connectivity index (χ0n) is 10.3. The summed E-state index contributed by atoms with van der Waals surface area (Å²) < 4.78 is 38.6. The van der Waals surface area contributed by atoms with Gasteiger partial charge in [0.05, 0.1) is 11.3 Å². The number of alkyl halides is 3. The standard InChI is InChI=1S/C12H10BrF3N4/c1-6-5-18-11(17)20-10(6)19-9-4-7(12(14,15)16)2-3-8(9)13/h2-5H,1H3,(H3,17,18,19,20). The summed E-state index contributed by atoms with van der Waals surface area (Å²) in [7, 11) is 0. The summed E-state index contributed by atoms with van der Waals surface area (Å²) in [5.74, 6) is 0.402. The third-order valence-corrected chi connectivity index (χ3v) is 3.23. The van der Waals surface area contributed by atoms with Gasteiger partial charge in [-0.3, -0.25) is 0 Å². The highest BCUT2D eigenvalue weighted by atomic mass is 79.9. The lowest BCUT2D eigenvalue weighted by Gasteiger charge is -2.13. The Labute approximate surface area is 121 Å². The minimum atomic E-state index is -4.41. The number of aryl methyl sites for hydroxylation is 1. The Morgan fingerprint density at radius 1 is 1.30 bits per heavy atom. The van der Waals surface area contributed by atoms with Crippen LogP contribution in [0.1, 0.15) is 11.1 Å². The van der Waals surface area contributed by atoms with E-state index in [1.165, 1.54) is 12.3 Å². The number of nitrogen functional groups attached to an aromatic ring is 1. The van der Waals surface area contributed by atoms with Crippen molar-refractivity contribution in [3.63, 3.8) is 0 Å². The number of nitrogens with one attached hydrogen (secondary N) is 1. The predicted octanol–water partition coefficient (Wildman–Crippen LogP) is 3.89. The van der Waals surface area contributed by atoms with Crippen LogP contribution in [0.15, 0.2) is 28.9 Å². The average Bonchev–Trinajstić information content (AvgIpc) is 2.35. The Kier molecular flexibility index (Phi) is 3.85. The van der Waals surface area contributed by atoms with Gasteiger partial charge in [0.1, 0.15) is 5.82 Å². The fourth-order valence-corrected chi connectivity index (χ4v) is 1.85. The number of aromatic nitrogens is 2. The molecule has 0 aliphatic carbocycles. The van der Waals surface area contributed by atoms with E-state index in [1.54, 1.807) is 6.92 Å². The Morgan fingerprint density at radius 2 is 2.00 bits per heavy atom. The van der Waals surface area contributed by atoms with Gasteiger partial charge in [-0.2, -0.15) is 18.2 Å². The lowest BCUT2D eigenvalue weighted by molar-refractivity contribution is -0.137. The molecule has 0 radical (unpaired) electrons. The van der Waals surface area contributed by atoms with E-state index < -0.39 is 11.7 Å². The summed E-state index contributed by atoms with van der Waals surface area (Å²) in [4.78, 5) is 7.75. The van der Waals surface area contributed by atoms with Crippen LogP contribution < -0.4 is 11.1 Å². The van der Waals surface area contributed by atoms with Crippen LogP contribution in [0.3, 0.4) is 0 Å².